The molecule has 2 aliphatic heterocycles. The van der Waals surface area contributed by atoms with E-state index in [1.54, 1.807) is 6.08 Å². The fraction of sp³-hybridized carbons (Fsp3) is 0.444. The van der Waals surface area contributed by atoms with Crippen molar-refractivity contribution in [3.8, 4) is 0 Å². The Bertz CT molecular complexity index is 306. The molecule has 2 heterocycles. The summed E-state index contributed by atoms with van der Waals surface area (Å²) in [6.45, 7) is 0. The highest BCUT2D eigenvalue weighted by Crippen LogP contribution is 2.25. The topological polar surface area (TPSA) is 76.0 Å². The van der Waals surface area contributed by atoms with E-state index in [1.165, 1.54) is 12.2 Å². The summed E-state index contributed by atoms with van der Waals surface area (Å²) in [4.78, 5) is 10.8. The number of hydrogen-bond donors (Lipinski definition) is 2. The number of carbonyl (C=O) groups is 1. The molecule has 2 aliphatic rings. The largest absolute Gasteiger partial charge is 0.429 e. The Morgan fingerprint density at radius 1 is 1.43 bits per heavy atom. The first-order chi connectivity index (χ1) is 6.66. The molecule has 76 valence electrons. The second-order valence-electron chi connectivity index (χ2n) is 3.11. The number of cyclic esters (lactones) is 1. The van der Waals surface area contributed by atoms with Crippen LogP contribution in [0.2, 0.25) is 0 Å². The van der Waals surface area contributed by atoms with Gasteiger partial charge in [-0.15, -0.1) is 0 Å². The molecule has 3 unspecified atom stereocenters. The molecule has 0 radical (unpaired) electrons. The van der Waals surface area contributed by atoms with Crippen molar-refractivity contribution in [3.05, 3.63) is 23.8 Å². The molecule has 3 atom stereocenters. The number of hydrogen-bond acceptors (Lipinski definition) is 5. The van der Waals surface area contributed by atoms with E-state index < -0.39 is 24.7 Å². The molecule has 0 aromatic carbocycles. The van der Waals surface area contributed by atoms with E-state index in [0.717, 1.165) is 0 Å². The molecule has 2 N–H and O–H groups in total. The molecule has 0 aliphatic carbocycles. The molecule has 0 fully saturated rings. The number of carbonyl (C=O) groups excluding carboxylic acids is 1. The third kappa shape index (κ3) is 1.70. The second-order valence-corrected chi connectivity index (χ2v) is 3.11. The van der Waals surface area contributed by atoms with Gasteiger partial charge in [0.25, 0.3) is 0 Å². The van der Waals surface area contributed by atoms with Crippen molar-refractivity contribution in [2.24, 2.45) is 0 Å². The Labute approximate surface area is 80.2 Å². The molecule has 2 rings (SSSR count). The van der Waals surface area contributed by atoms with Gasteiger partial charge in [0.15, 0.2) is 6.29 Å². The van der Waals surface area contributed by atoms with Crippen LogP contribution in [0, 0.1) is 0 Å². The maximum Gasteiger partial charge on any atom is 0.333 e. The molecule has 0 saturated heterocycles. The highest BCUT2D eigenvalue weighted by molar-refractivity contribution is 5.85. The van der Waals surface area contributed by atoms with Crippen LogP contribution in [0.4, 0.5) is 0 Å². The van der Waals surface area contributed by atoms with E-state index in [9.17, 15) is 9.90 Å². The minimum absolute atomic E-state index is 0.360. The molecule has 0 aromatic heterocycles. The van der Waals surface area contributed by atoms with Crippen molar-refractivity contribution in [2.45, 2.75) is 25.1 Å². The molecule has 0 saturated carbocycles. The van der Waals surface area contributed by atoms with Gasteiger partial charge in [0.2, 0.25) is 6.29 Å². The second kappa shape index (κ2) is 3.53. The van der Waals surface area contributed by atoms with Crippen LogP contribution in [-0.4, -0.2) is 34.9 Å². The Kier molecular flexibility index (Phi) is 2.37. The Morgan fingerprint density at radius 3 is 2.79 bits per heavy atom. The fourth-order valence-electron chi connectivity index (χ4n) is 1.47. The van der Waals surface area contributed by atoms with Crippen LogP contribution >= 0.6 is 0 Å². The van der Waals surface area contributed by atoms with Crippen molar-refractivity contribution in [2.75, 3.05) is 0 Å². The predicted molar refractivity (Wildman–Crippen MR) is 44.8 cm³/mol. The van der Waals surface area contributed by atoms with Gasteiger partial charge in [-0.05, 0) is 12.5 Å². The van der Waals surface area contributed by atoms with Crippen LogP contribution in [0.3, 0.4) is 0 Å². The van der Waals surface area contributed by atoms with Gasteiger partial charge in [-0.25, -0.2) is 4.79 Å². The lowest BCUT2D eigenvalue weighted by atomic mass is 10.1. The standard InChI is InChI=1S/C9H10O5/c10-7-3-1-2-6(13-7)5-4-8(11)14-9(5)12/h1,3-4,6-7,9-10,12H,2H2. The lowest BCUT2D eigenvalue weighted by Gasteiger charge is -2.24. The first-order valence-corrected chi connectivity index (χ1v) is 4.27. The van der Waals surface area contributed by atoms with E-state index >= 15 is 0 Å². The average molecular weight is 198 g/mol. The molecule has 14 heavy (non-hydrogen) atoms. The minimum Gasteiger partial charge on any atom is -0.429 e. The Balaban J connectivity index is 2.12. The Morgan fingerprint density at radius 2 is 2.21 bits per heavy atom. The van der Waals surface area contributed by atoms with E-state index in [2.05, 4.69) is 4.74 Å². The SMILES string of the molecule is O=C1C=C(C2CC=CC(O)O2)C(O)O1. The maximum absolute atomic E-state index is 10.8. The molecule has 5 heteroatoms. The summed E-state index contributed by atoms with van der Waals surface area (Å²) < 4.78 is 9.60. The van der Waals surface area contributed by atoms with Gasteiger partial charge in [0.05, 0.1) is 6.10 Å². The zero-order chi connectivity index (χ0) is 10.1. The van der Waals surface area contributed by atoms with E-state index in [0.29, 0.717) is 12.0 Å². The summed E-state index contributed by atoms with van der Waals surface area (Å²) >= 11 is 0. The van der Waals surface area contributed by atoms with Crippen LogP contribution in [0.1, 0.15) is 6.42 Å². The molecule has 0 spiro atoms. The molecule has 5 nitrogen and oxygen atoms in total. The smallest absolute Gasteiger partial charge is 0.333 e. The number of rotatable bonds is 1. The lowest BCUT2D eigenvalue weighted by molar-refractivity contribution is -0.154. The van der Waals surface area contributed by atoms with Crippen LogP contribution < -0.4 is 0 Å². The average Bonchev–Trinajstić information content (AvgIpc) is 2.45. The lowest BCUT2D eigenvalue weighted by Crippen LogP contribution is -2.29. The summed E-state index contributed by atoms with van der Waals surface area (Å²) in [7, 11) is 0. The highest BCUT2D eigenvalue weighted by Gasteiger charge is 2.32. The number of aliphatic hydroxyl groups is 2. The molecule has 0 amide bonds. The van der Waals surface area contributed by atoms with Crippen LogP contribution in [-0.2, 0) is 14.3 Å². The van der Waals surface area contributed by atoms with Crippen molar-refractivity contribution >= 4 is 5.97 Å². The summed E-state index contributed by atoms with van der Waals surface area (Å²) in [6.07, 6.45) is 2.22. The third-order valence-corrected chi connectivity index (χ3v) is 2.12. The van der Waals surface area contributed by atoms with Gasteiger partial charge in [-0.2, -0.15) is 0 Å². The minimum atomic E-state index is -1.24. The normalized spacial score (nSPS) is 36.9. The number of aliphatic hydroxyl groups excluding tert-OH is 2. The summed E-state index contributed by atoms with van der Waals surface area (Å²) in [5.41, 5.74) is 0.360. The van der Waals surface area contributed by atoms with E-state index in [1.807, 2.05) is 0 Å². The van der Waals surface area contributed by atoms with Gasteiger partial charge < -0.3 is 19.7 Å². The van der Waals surface area contributed by atoms with Crippen molar-refractivity contribution in [3.63, 3.8) is 0 Å². The monoisotopic (exact) mass is 198 g/mol. The predicted octanol–water partition coefficient (Wildman–Crippen LogP) is -0.549. The zero-order valence-electron chi connectivity index (χ0n) is 7.29. The van der Waals surface area contributed by atoms with Crippen molar-refractivity contribution in [1.82, 2.24) is 0 Å². The van der Waals surface area contributed by atoms with Crippen LogP contribution in [0.25, 0.3) is 0 Å². The van der Waals surface area contributed by atoms with Gasteiger partial charge >= 0.3 is 5.97 Å². The van der Waals surface area contributed by atoms with E-state index in [-0.39, 0.29) is 0 Å². The molecule has 0 bridgehead atoms. The quantitative estimate of drug-likeness (QED) is 0.437. The van der Waals surface area contributed by atoms with Gasteiger partial charge in [-0.1, -0.05) is 6.08 Å². The summed E-state index contributed by atoms with van der Waals surface area (Å²) in [6, 6.07) is 0. The molecular formula is C9H10O5. The maximum atomic E-state index is 10.8. The number of ether oxygens (including phenoxy) is 2. The fourth-order valence-corrected chi connectivity index (χ4v) is 1.47. The summed E-state index contributed by atoms with van der Waals surface area (Å²) in [5, 5.41) is 18.4. The van der Waals surface area contributed by atoms with Crippen LogP contribution in [0.5, 0.6) is 0 Å². The van der Waals surface area contributed by atoms with E-state index in [4.69, 9.17) is 9.84 Å². The Hall–Kier alpha value is -1.17. The molecule has 0 aromatic rings. The first kappa shape index (κ1) is 9.39. The first-order valence-electron chi connectivity index (χ1n) is 4.27. The van der Waals surface area contributed by atoms with Crippen molar-refractivity contribution < 1.29 is 24.5 Å². The van der Waals surface area contributed by atoms with Gasteiger partial charge in [0, 0.05) is 11.6 Å². The highest BCUT2D eigenvalue weighted by atomic mass is 16.6. The van der Waals surface area contributed by atoms with Gasteiger partial charge in [-0.3, -0.25) is 0 Å². The molecular weight excluding hydrogens is 188 g/mol. The third-order valence-electron chi connectivity index (χ3n) is 2.12. The van der Waals surface area contributed by atoms with Gasteiger partial charge in [0.1, 0.15) is 0 Å². The number of esters is 1. The van der Waals surface area contributed by atoms with Crippen LogP contribution in [0.15, 0.2) is 23.8 Å². The summed E-state index contributed by atoms with van der Waals surface area (Å²) in [5.74, 6) is -0.583. The zero-order valence-corrected chi connectivity index (χ0v) is 7.29. The van der Waals surface area contributed by atoms with Crippen molar-refractivity contribution in [1.29, 1.82) is 0 Å².